The van der Waals surface area contributed by atoms with Crippen LogP contribution in [-0.2, 0) is 0 Å². The summed E-state index contributed by atoms with van der Waals surface area (Å²) in [7, 11) is 1.48. The maximum atomic E-state index is 11.7. The van der Waals surface area contributed by atoms with E-state index >= 15 is 0 Å². The molecular weight excluding hydrogens is 294 g/mol. The van der Waals surface area contributed by atoms with Crippen LogP contribution in [0.5, 0.6) is 6.01 Å². The highest BCUT2D eigenvalue weighted by Crippen LogP contribution is 2.25. The van der Waals surface area contributed by atoms with E-state index in [0.29, 0.717) is 22.8 Å². The smallest absolute Gasteiger partial charge is 0.344 e. The summed E-state index contributed by atoms with van der Waals surface area (Å²) in [5.74, 6) is 0.417. The minimum absolute atomic E-state index is 0.0179. The van der Waals surface area contributed by atoms with Gasteiger partial charge in [0.1, 0.15) is 0 Å². The molecule has 21 heavy (non-hydrogen) atoms. The Morgan fingerprint density at radius 1 is 1.38 bits per heavy atom. The van der Waals surface area contributed by atoms with Crippen LogP contribution < -0.4 is 15.7 Å². The van der Waals surface area contributed by atoms with Gasteiger partial charge < -0.3 is 10.1 Å². The Morgan fingerprint density at radius 3 is 2.76 bits per heavy atom. The fourth-order valence-electron chi connectivity index (χ4n) is 1.61. The molecule has 2 rings (SSSR count). The van der Waals surface area contributed by atoms with Crippen LogP contribution in [0.15, 0.2) is 15.1 Å². The minimum Gasteiger partial charge on any atom is -0.467 e. The van der Waals surface area contributed by atoms with E-state index in [0.717, 1.165) is 0 Å². The molecule has 0 aliphatic carbocycles. The SMILES string of the molecule is CCNc1nc(OC)nc(Sc2n[nH]c(=O)n2C(C)C)n1. The van der Waals surface area contributed by atoms with Gasteiger partial charge in [-0.25, -0.2) is 9.89 Å². The van der Waals surface area contributed by atoms with Gasteiger partial charge in [0.05, 0.1) is 7.11 Å². The quantitative estimate of drug-likeness (QED) is 0.810. The highest BCUT2D eigenvalue weighted by atomic mass is 32.2. The first-order chi connectivity index (χ1) is 10.0. The highest BCUT2D eigenvalue weighted by molar-refractivity contribution is 7.99. The van der Waals surface area contributed by atoms with Crippen molar-refractivity contribution in [3.05, 3.63) is 10.5 Å². The Morgan fingerprint density at radius 2 is 2.14 bits per heavy atom. The van der Waals surface area contributed by atoms with Gasteiger partial charge in [-0.05, 0) is 32.5 Å². The Balaban J connectivity index is 2.35. The van der Waals surface area contributed by atoms with Crippen LogP contribution in [0.25, 0.3) is 0 Å². The molecule has 0 spiro atoms. The number of aromatic nitrogens is 6. The van der Waals surface area contributed by atoms with Gasteiger partial charge in [-0.2, -0.15) is 15.0 Å². The van der Waals surface area contributed by atoms with Crippen LogP contribution >= 0.6 is 11.8 Å². The summed E-state index contributed by atoms with van der Waals surface area (Å²) < 4.78 is 6.59. The maximum Gasteiger partial charge on any atom is 0.344 e. The van der Waals surface area contributed by atoms with E-state index in [-0.39, 0.29) is 17.7 Å². The monoisotopic (exact) mass is 311 g/mol. The van der Waals surface area contributed by atoms with Gasteiger partial charge in [-0.3, -0.25) is 4.57 Å². The fourth-order valence-corrected chi connectivity index (χ4v) is 2.51. The van der Waals surface area contributed by atoms with Gasteiger partial charge in [0, 0.05) is 12.6 Å². The summed E-state index contributed by atoms with van der Waals surface area (Å²) in [6.45, 7) is 6.42. The Hall–Kier alpha value is -2.10. The average molecular weight is 311 g/mol. The first-order valence-electron chi connectivity index (χ1n) is 6.43. The molecule has 0 saturated heterocycles. The van der Waals surface area contributed by atoms with Crippen molar-refractivity contribution in [1.82, 2.24) is 29.7 Å². The van der Waals surface area contributed by atoms with E-state index in [2.05, 4.69) is 30.5 Å². The van der Waals surface area contributed by atoms with E-state index in [1.165, 1.54) is 23.4 Å². The third-order valence-corrected chi connectivity index (χ3v) is 3.32. The van der Waals surface area contributed by atoms with Crippen molar-refractivity contribution in [2.75, 3.05) is 19.0 Å². The van der Waals surface area contributed by atoms with Gasteiger partial charge in [0.2, 0.25) is 11.1 Å². The molecule has 0 unspecified atom stereocenters. The van der Waals surface area contributed by atoms with Gasteiger partial charge >= 0.3 is 11.7 Å². The van der Waals surface area contributed by atoms with Crippen molar-refractivity contribution in [2.45, 2.75) is 37.1 Å². The number of nitrogens with zero attached hydrogens (tertiary/aromatic N) is 5. The maximum absolute atomic E-state index is 11.7. The van der Waals surface area contributed by atoms with Crippen LogP contribution in [-0.4, -0.2) is 43.4 Å². The lowest BCUT2D eigenvalue weighted by molar-refractivity contribution is 0.373. The van der Waals surface area contributed by atoms with E-state index in [4.69, 9.17) is 4.74 Å². The molecule has 114 valence electrons. The molecule has 2 aromatic heterocycles. The number of H-pyrrole nitrogens is 1. The van der Waals surface area contributed by atoms with Gasteiger partial charge in [0.25, 0.3) is 0 Å². The summed E-state index contributed by atoms with van der Waals surface area (Å²) in [4.78, 5) is 24.2. The first-order valence-corrected chi connectivity index (χ1v) is 7.25. The summed E-state index contributed by atoms with van der Waals surface area (Å²) in [5, 5.41) is 10.3. The first kappa shape index (κ1) is 15.3. The standard InChI is InChI=1S/C11H17N7O2S/c1-5-12-7-13-8(20-4)15-9(14-7)21-11-17-16-10(19)18(11)6(2)3/h6H,5H2,1-4H3,(H,16,19)(H,12,13,14,15). The third-order valence-electron chi connectivity index (χ3n) is 2.48. The zero-order valence-corrected chi connectivity index (χ0v) is 13.1. The van der Waals surface area contributed by atoms with Crippen molar-refractivity contribution in [3.8, 4) is 6.01 Å². The highest BCUT2D eigenvalue weighted by Gasteiger charge is 2.16. The zero-order chi connectivity index (χ0) is 15.4. The molecule has 2 aromatic rings. The molecule has 2 N–H and O–H groups in total. The fraction of sp³-hybridized carbons (Fsp3) is 0.545. The second-order valence-electron chi connectivity index (χ2n) is 4.34. The second kappa shape index (κ2) is 6.57. The Labute approximate surface area is 125 Å². The Kier molecular flexibility index (Phi) is 4.78. The van der Waals surface area contributed by atoms with E-state index in [9.17, 15) is 4.79 Å². The van der Waals surface area contributed by atoms with Crippen molar-refractivity contribution in [3.63, 3.8) is 0 Å². The van der Waals surface area contributed by atoms with Crippen LogP contribution in [0.4, 0.5) is 5.95 Å². The zero-order valence-electron chi connectivity index (χ0n) is 12.2. The molecule has 0 saturated carbocycles. The van der Waals surface area contributed by atoms with Crippen LogP contribution in [0, 0.1) is 0 Å². The lowest BCUT2D eigenvalue weighted by Crippen LogP contribution is -2.19. The van der Waals surface area contributed by atoms with Gasteiger partial charge in [-0.15, -0.1) is 5.10 Å². The lowest BCUT2D eigenvalue weighted by Gasteiger charge is -2.09. The van der Waals surface area contributed by atoms with Crippen LogP contribution in [0.1, 0.15) is 26.8 Å². The molecule has 0 radical (unpaired) electrons. The molecule has 0 atom stereocenters. The van der Waals surface area contributed by atoms with Gasteiger partial charge in [-0.1, -0.05) is 0 Å². The molecule has 0 aliphatic heterocycles. The molecule has 0 aliphatic rings. The Bertz CT molecular complexity index is 667. The summed E-state index contributed by atoms with van der Waals surface area (Å²) in [5.41, 5.74) is -0.263. The summed E-state index contributed by atoms with van der Waals surface area (Å²) in [6, 6.07) is 0.188. The second-order valence-corrected chi connectivity index (χ2v) is 5.27. The van der Waals surface area contributed by atoms with E-state index < -0.39 is 0 Å². The summed E-state index contributed by atoms with van der Waals surface area (Å²) in [6.07, 6.45) is 0. The molecule has 2 heterocycles. The average Bonchev–Trinajstić information content (AvgIpc) is 2.79. The van der Waals surface area contributed by atoms with Crippen molar-refractivity contribution in [1.29, 1.82) is 0 Å². The number of aromatic amines is 1. The van der Waals surface area contributed by atoms with Crippen LogP contribution in [0.2, 0.25) is 0 Å². The molecule has 10 heteroatoms. The molecule has 0 amide bonds. The van der Waals surface area contributed by atoms with Gasteiger partial charge in [0.15, 0.2) is 5.16 Å². The molecule has 0 fully saturated rings. The molecule has 0 aromatic carbocycles. The van der Waals surface area contributed by atoms with Crippen LogP contribution in [0.3, 0.4) is 0 Å². The summed E-state index contributed by atoms with van der Waals surface area (Å²) >= 11 is 1.17. The molecule has 9 nitrogen and oxygen atoms in total. The number of nitrogens with one attached hydrogen (secondary N) is 2. The van der Waals surface area contributed by atoms with Crippen molar-refractivity contribution in [2.24, 2.45) is 0 Å². The normalized spacial score (nSPS) is 10.9. The predicted molar refractivity (Wildman–Crippen MR) is 77.9 cm³/mol. The molecular formula is C11H17N7O2S. The third kappa shape index (κ3) is 3.51. The minimum atomic E-state index is -0.263. The van der Waals surface area contributed by atoms with E-state index in [1.807, 2.05) is 20.8 Å². The number of rotatable bonds is 6. The largest absolute Gasteiger partial charge is 0.467 e. The number of anilines is 1. The predicted octanol–water partition coefficient (Wildman–Crippen LogP) is 0.929. The van der Waals surface area contributed by atoms with Crippen molar-refractivity contribution >= 4 is 17.7 Å². The molecule has 0 bridgehead atoms. The van der Waals surface area contributed by atoms with Crippen molar-refractivity contribution < 1.29 is 4.74 Å². The topological polar surface area (TPSA) is 111 Å². The number of hydrogen-bond acceptors (Lipinski definition) is 8. The van der Waals surface area contributed by atoms with E-state index in [1.54, 1.807) is 0 Å². The number of methoxy groups -OCH3 is 1. The number of hydrogen-bond donors (Lipinski definition) is 2. The number of ether oxygens (including phenoxy) is 1. The lowest BCUT2D eigenvalue weighted by atomic mass is 10.4.